The summed E-state index contributed by atoms with van der Waals surface area (Å²) >= 11 is 5.32. The Bertz CT molecular complexity index is 1320. The van der Waals surface area contributed by atoms with Gasteiger partial charge >= 0.3 is 5.97 Å². The van der Waals surface area contributed by atoms with Gasteiger partial charge in [0.05, 0.1) is 18.9 Å². The molecule has 0 aliphatic carbocycles. The van der Waals surface area contributed by atoms with E-state index in [1.165, 1.54) is 7.11 Å². The van der Waals surface area contributed by atoms with Crippen LogP contribution in [0.1, 0.15) is 27.0 Å². The summed E-state index contributed by atoms with van der Waals surface area (Å²) in [4.78, 5) is 11.6. The lowest BCUT2D eigenvalue weighted by Crippen LogP contribution is -2.23. The number of hydrogen-bond donors (Lipinski definition) is 2. The fraction of sp³-hybridized carbons (Fsp3) is 0.100. The van der Waals surface area contributed by atoms with E-state index in [9.17, 15) is 4.79 Å². The molecule has 2 N–H and O–H groups in total. The molecule has 7 nitrogen and oxygen atoms in total. The summed E-state index contributed by atoms with van der Waals surface area (Å²) in [6.45, 7) is 0.862. The number of thiocarbonyl (C=S) groups is 1. The summed E-state index contributed by atoms with van der Waals surface area (Å²) in [6.07, 6.45) is 1.64. The molecule has 0 heterocycles. The number of hydrazone groups is 1. The predicted molar refractivity (Wildman–Crippen MR) is 153 cm³/mol. The van der Waals surface area contributed by atoms with Crippen LogP contribution >= 0.6 is 12.2 Å². The van der Waals surface area contributed by atoms with Gasteiger partial charge in [0, 0.05) is 17.3 Å². The molecule has 8 heteroatoms. The largest absolute Gasteiger partial charge is 0.489 e. The van der Waals surface area contributed by atoms with E-state index >= 15 is 0 Å². The van der Waals surface area contributed by atoms with Gasteiger partial charge < -0.3 is 19.5 Å². The van der Waals surface area contributed by atoms with Crippen LogP contribution in [-0.2, 0) is 18.0 Å². The highest BCUT2D eigenvalue weighted by Crippen LogP contribution is 2.24. The first-order valence-electron chi connectivity index (χ1n) is 11.9. The zero-order valence-electron chi connectivity index (χ0n) is 20.8. The lowest BCUT2D eigenvalue weighted by Gasteiger charge is -2.12. The first-order chi connectivity index (χ1) is 18.6. The van der Waals surface area contributed by atoms with Crippen molar-refractivity contribution in [3.8, 4) is 11.5 Å². The highest BCUT2D eigenvalue weighted by molar-refractivity contribution is 7.80. The Morgan fingerprint density at radius 3 is 1.89 bits per heavy atom. The minimum Gasteiger partial charge on any atom is -0.489 e. The van der Waals surface area contributed by atoms with E-state index in [1.807, 2.05) is 78.9 Å². The molecule has 0 amide bonds. The van der Waals surface area contributed by atoms with Crippen molar-refractivity contribution in [1.29, 1.82) is 0 Å². The summed E-state index contributed by atoms with van der Waals surface area (Å²) in [5.74, 6) is 0.920. The lowest BCUT2D eigenvalue weighted by molar-refractivity contribution is 0.0600. The number of ether oxygens (including phenoxy) is 3. The second kappa shape index (κ2) is 13.6. The molecule has 0 aliphatic heterocycles. The maximum Gasteiger partial charge on any atom is 0.337 e. The Morgan fingerprint density at radius 2 is 1.37 bits per heavy atom. The molecule has 0 unspecified atom stereocenters. The number of nitrogens with one attached hydrogen (secondary N) is 2. The van der Waals surface area contributed by atoms with E-state index < -0.39 is 5.97 Å². The van der Waals surface area contributed by atoms with Crippen molar-refractivity contribution in [3.05, 3.63) is 125 Å². The maximum atomic E-state index is 11.6. The van der Waals surface area contributed by atoms with E-state index in [4.69, 9.17) is 26.4 Å². The quantitative estimate of drug-likeness (QED) is 0.115. The highest BCUT2D eigenvalue weighted by Gasteiger charge is 2.06. The molecule has 0 bridgehead atoms. The molecule has 0 aliphatic rings. The predicted octanol–water partition coefficient (Wildman–Crippen LogP) is 5.95. The van der Waals surface area contributed by atoms with Crippen molar-refractivity contribution in [3.63, 3.8) is 0 Å². The fourth-order valence-electron chi connectivity index (χ4n) is 3.45. The smallest absolute Gasteiger partial charge is 0.337 e. The van der Waals surface area contributed by atoms with Gasteiger partial charge in [0.15, 0.2) is 5.11 Å². The number of benzene rings is 4. The average molecular weight is 526 g/mol. The van der Waals surface area contributed by atoms with E-state index in [-0.39, 0.29) is 0 Å². The molecule has 4 aromatic rings. The van der Waals surface area contributed by atoms with Crippen LogP contribution in [0.2, 0.25) is 0 Å². The molecular weight excluding hydrogens is 498 g/mol. The molecule has 0 saturated heterocycles. The molecule has 0 spiro atoms. The average Bonchev–Trinajstić information content (AvgIpc) is 2.96. The number of hydrogen-bond acceptors (Lipinski definition) is 6. The van der Waals surface area contributed by atoms with Crippen LogP contribution in [0.3, 0.4) is 0 Å². The summed E-state index contributed by atoms with van der Waals surface area (Å²) in [6, 6.07) is 32.3. The maximum absolute atomic E-state index is 11.6. The van der Waals surface area contributed by atoms with Crippen LogP contribution in [0, 0.1) is 0 Å². The van der Waals surface area contributed by atoms with Gasteiger partial charge in [-0.25, -0.2) is 4.79 Å². The second-order valence-corrected chi connectivity index (χ2v) is 8.59. The van der Waals surface area contributed by atoms with Crippen molar-refractivity contribution in [1.82, 2.24) is 5.43 Å². The molecule has 4 rings (SSSR count). The Kier molecular flexibility index (Phi) is 9.42. The van der Waals surface area contributed by atoms with Gasteiger partial charge in [-0.15, -0.1) is 0 Å². The lowest BCUT2D eigenvalue weighted by atomic mass is 10.2. The van der Waals surface area contributed by atoms with E-state index in [2.05, 4.69) is 15.8 Å². The highest BCUT2D eigenvalue weighted by atomic mass is 32.1. The van der Waals surface area contributed by atoms with E-state index in [1.54, 1.807) is 30.5 Å². The van der Waals surface area contributed by atoms with Gasteiger partial charge in [0.2, 0.25) is 0 Å². The van der Waals surface area contributed by atoms with Gasteiger partial charge in [0.1, 0.15) is 24.7 Å². The molecule has 0 radical (unpaired) electrons. The molecule has 192 valence electrons. The van der Waals surface area contributed by atoms with E-state index in [0.29, 0.717) is 41.1 Å². The third kappa shape index (κ3) is 8.18. The first-order valence-corrected chi connectivity index (χ1v) is 12.3. The van der Waals surface area contributed by atoms with Crippen molar-refractivity contribution in [2.24, 2.45) is 5.10 Å². The number of rotatable bonds is 10. The van der Waals surface area contributed by atoms with E-state index in [0.717, 1.165) is 16.7 Å². The number of carbonyl (C=O) groups is 1. The Labute approximate surface area is 227 Å². The molecule has 0 fully saturated rings. The Hall–Kier alpha value is -4.69. The molecule has 4 aromatic carbocycles. The summed E-state index contributed by atoms with van der Waals surface area (Å²) in [5, 5.41) is 7.56. The van der Waals surface area contributed by atoms with Gasteiger partial charge in [-0.3, -0.25) is 5.43 Å². The Morgan fingerprint density at radius 1 is 0.816 bits per heavy atom. The van der Waals surface area contributed by atoms with Crippen LogP contribution in [0.5, 0.6) is 11.5 Å². The van der Waals surface area contributed by atoms with Crippen LogP contribution in [0.25, 0.3) is 0 Å². The molecule has 38 heavy (non-hydrogen) atoms. The third-order valence-electron chi connectivity index (χ3n) is 5.34. The van der Waals surface area contributed by atoms with Crippen molar-refractivity contribution >= 4 is 35.2 Å². The summed E-state index contributed by atoms with van der Waals surface area (Å²) in [5.41, 5.74) is 6.87. The van der Waals surface area contributed by atoms with Gasteiger partial charge in [0.25, 0.3) is 0 Å². The third-order valence-corrected chi connectivity index (χ3v) is 5.54. The number of esters is 1. The van der Waals surface area contributed by atoms with Crippen molar-refractivity contribution in [2.75, 3.05) is 12.4 Å². The molecular formula is C30H27N3O4S. The number of carbonyl (C=O) groups excluding carboxylic acids is 1. The van der Waals surface area contributed by atoms with Gasteiger partial charge in [-0.1, -0.05) is 60.7 Å². The topological polar surface area (TPSA) is 81.2 Å². The minimum absolute atomic E-state index is 0.295. The van der Waals surface area contributed by atoms with Gasteiger partial charge in [-0.05, 0) is 59.7 Å². The van der Waals surface area contributed by atoms with Gasteiger partial charge in [-0.2, -0.15) is 5.10 Å². The van der Waals surface area contributed by atoms with Crippen LogP contribution in [0.4, 0.5) is 5.69 Å². The molecule has 0 saturated carbocycles. The Balaban J connectivity index is 1.40. The fourth-order valence-corrected chi connectivity index (χ4v) is 3.62. The van der Waals surface area contributed by atoms with Crippen LogP contribution in [0.15, 0.2) is 108 Å². The zero-order chi connectivity index (χ0) is 26.6. The van der Waals surface area contributed by atoms with Crippen molar-refractivity contribution in [2.45, 2.75) is 13.2 Å². The molecule has 0 atom stereocenters. The zero-order valence-corrected chi connectivity index (χ0v) is 21.6. The minimum atomic E-state index is -0.399. The first kappa shape index (κ1) is 26.4. The number of nitrogens with zero attached hydrogens (tertiary/aromatic N) is 1. The van der Waals surface area contributed by atoms with Crippen LogP contribution < -0.4 is 20.2 Å². The summed E-state index contributed by atoms with van der Waals surface area (Å²) < 4.78 is 16.8. The number of methoxy groups -OCH3 is 1. The second-order valence-electron chi connectivity index (χ2n) is 8.18. The van der Waals surface area contributed by atoms with Crippen molar-refractivity contribution < 1.29 is 19.0 Å². The monoisotopic (exact) mass is 525 g/mol. The normalized spacial score (nSPS) is 10.6. The molecule has 0 aromatic heterocycles. The SMILES string of the molecule is COC(=O)c1ccc(NC(=S)N/N=C/c2cc(OCc3ccccc3)cc(OCc3ccccc3)c2)cc1. The van der Waals surface area contributed by atoms with Crippen LogP contribution in [-0.4, -0.2) is 24.4 Å². The number of anilines is 1. The standard InChI is InChI=1S/C30H27N3O4S/c1-35-29(34)25-12-14-26(15-13-25)32-30(38)33-31-19-24-16-27(36-20-22-8-4-2-5-9-22)18-28(17-24)37-21-23-10-6-3-7-11-23/h2-19H,20-21H2,1H3,(H2,32,33,38)/b31-19+. The summed E-state index contributed by atoms with van der Waals surface area (Å²) in [7, 11) is 1.34.